The van der Waals surface area contributed by atoms with Crippen LogP contribution in [-0.2, 0) is 9.84 Å². The zero-order valence-corrected chi connectivity index (χ0v) is 12.7. The lowest BCUT2D eigenvalue weighted by Gasteiger charge is -2.03. The summed E-state index contributed by atoms with van der Waals surface area (Å²) < 4.78 is 27.0. The zero-order chi connectivity index (χ0) is 14.9. The summed E-state index contributed by atoms with van der Waals surface area (Å²) in [5.74, 6) is 0. The van der Waals surface area contributed by atoms with Crippen LogP contribution >= 0.6 is 11.5 Å². The summed E-state index contributed by atoms with van der Waals surface area (Å²) in [6.45, 7) is 0. The maximum absolute atomic E-state index is 11.5. The number of sulfone groups is 1. The normalized spacial score (nSPS) is 11.5. The first-order chi connectivity index (χ1) is 10.1. The molecule has 0 saturated heterocycles. The van der Waals surface area contributed by atoms with E-state index in [1.165, 1.54) is 17.8 Å². The molecule has 2 heterocycles. The second-order valence-electron chi connectivity index (χ2n) is 4.49. The van der Waals surface area contributed by atoms with E-state index in [-0.39, 0.29) is 0 Å². The SMILES string of the molecule is CS(=O)(=O)c1ccc(-c2snnc2-c2cccnc2)cc1. The molecule has 0 atom stereocenters. The molecule has 0 aliphatic heterocycles. The molecule has 0 spiro atoms. The standard InChI is InChI=1S/C14H11N3O2S2/c1-21(18,19)12-6-4-10(5-7-12)14-13(16-17-20-14)11-3-2-8-15-9-11/h2-9H,1H3. The Morgan fingerprint density at radius 1 is 1.05 bits per heavy atom. The van der Waals surface area contributed by atoms with Gasteiger partial charge in [0.25, 0.3) is 0 Å². The Morgan fingerprint density at radius 3 is 2.43 bits per heavy atom. The molecule has 3 aromatic rings. The van der Waals surface area contributed by atoms with Gasteiger partial charge in [-0.1, -0.05) is 16.6 Å². The van der Waals surface area contributed by atoms with Crippen LogP contribution in [0.2, 0.25) is 0 Å². The molecule has 0 amide bonds. The van der Waals surface area contributed by atoms with Crippen molar-refractivity contribution in [2.45, 2.75) is 4.90 Å². The second kappa shape index (κ2) is 5.34. The highest BCUT2D eigenvalue weighted by atomic mass is 32.2. The molecule has 106 valence electrons. The third-order valence-electron chi connectivity index (χ3n) is 2.97. The van der Waals surface area contributed by atoms with Gasteiger partial charge in [0, 0.05) is 24.2 Å². The van der Waals surface area contributed by atoms with Crippen molar-refractivity contribution < 1.29 is 8.42 Å². The Hall–Kier alpha value is -2.12. The number of rotatable bonds is 3. The van der Waals surface area contributed by atoms with Gasteiger partial charge in [-0.25, -0.2) is 8.42 Å². The summed E-state index contributed by atoms with van der Waals surface area (Å²) >= 11 is 1.27. The van der Waals surface area contributed by atoms with Crippen molar-refractivity contribution in [2.24, 2.45) is 0 Å². The third kappa shape index (κ3) is 2.84. The molecule has 0 N–H and O–H groups in total. The van der Waals surface area contributed by atoms with Gasteiger partial charge >= 0.3 is 0 Å². The average molecular weight is 317 g/mol. The number of hydrogen-bond donors (Lipinski definition) is 0. The number of benzene rings is 1. The zero-order valence-electron chi connectivity index (χ0n) is 11.1. The van der Waals surface area contributed by atoms with Crippen molar-refractivity contribution in [1.82, 2.24) is 14.6 Å². The van der Waals surface area contributed by atoms with Gasteiger partial charge in [0.05, 0.1) is 9.77 Å². The maximum Gasteiger partial charge on any atom is 0.175 e. The highest BCUT2D eigenvalue weighted by molar-refractivity contribution is 7.90. The topological polar surface area (TPSA) is 72.8 Å². The van der Waals surface area contributed by atoms with Crippen LogP contribution in [0.25, 0.3) is 21.7 Å². The van der Waals surface area contributed by atoms with Gasteiger partial charge in [-0.3, -0.25) is 4.98 Å². The van der Waals surface area contributed by atoms with Crippen LogP contribution in [0.5, 0.6) is 0 Å². The fourth-order valence-corrected chi connectivity index (χ4v) is 3.25. The number of hydrogen-bond acceptors (Lipinski definition) is 6. The summed E-state index contributed by atoms with van der Waals surface area (Å²) in [6, 6.07) is 10.5. The highest BCUT2D eigenvalue weighted by Crippen LogP contribution is 2.33. The Morgan fingerprint density at radius 2 is 1.81 bits per heavy atom. The Bertz CT molecular complexity index is 857. The van der Waals surface area contributed by atoms with E-state index in [0.29, 0.717) is 4.90 Å². The largest absolute Gasteiger partial charge is 0.264 e. The van der Waals surface area contributed by atoms with E-state index in [1.807, 2.05) is 12.1 Å². The summed E-state index contributed by atoms with van der Waals surface area (Å²) in [6.07, 6.45) is 4.62. The van der Waals surface area contributed by atoms with Crippen molar-refractivity contribution in [3.8, 4) is 21.7 Å². The molecule has 21 heavy (non-hydrogen) atoms. The summed E-state index contributed by atoms with van der Waals surface area (Å²) in [5.41, 5.74) is 2.52. The van der Waals surface area contributed by atoms with E-state index in [2.05, 4.69) is 14.6 Å². The van der Waals surface area contributed by atoms with Gasteiger partial charge in [-0.15, -0.1) is 5.10 Å². The van der Waals surface area contributed by atoms with Crippen molar-refractivity contribution in [2.75, 3.05) is 6.26 Å². The number of nitrogens with zero attached hydrogens (tertiary/aromatic N) is 3. The fraction of sp³-hybridized carbons (Fsp3) is 0.0714. The Labute approximate surface area is 126 Å². The highest BCUT2D eigenvalue weighted by Gasteiger charge is 2.14. The molecule has 0 bridgehead atoms. The van der Waals surface area contributed by atoms with Crippen LogP contribution in [0.3, 0.4) is 0 Å². The smallest absolute Gasteiger partial charge is 0.175 e. The van der Waals surface area contributed by atoms with E-state index < -0.39 is 9.84 Å². The molecule has 0 fully saturated rings. The minimum atomic E-state index is -3.19. The minimum absolute atomic E-state index is 0.298. The van der Waals surface area contributed by atoms with Crippen molar-refractivity contribution >= 4 is 21.4 Å². The van der Waals surface area contributed by atoms with Crippen LogP contribution in [0.15, 0.2) is 53.7 Å². The molecule has 5 nitrogen and oxygen atoms in total. The first kappa shape index (κ1) is 13.8. The predicted octanol–water partition coefficient (Wildman–Crippen LogP) is 2.67. The summed E-state index contributed by atoms with van der Waals surface area (Å²) in [4.78, 5) is 5.27. The predicted molar refractivity (Wildman–Crippen MR) is 81.7 cm³/mol. The molecular formula is C14H11N3O2S2. The molecular weight excluding hydrogens is 306 g/mol. The molecule has 0 saturated carbocycles. The monoisotopic (exact) mass is 317 g/mol. The van der Waals surface area contributed by atoms with Crippen molar-refractivity contribution in [3.05, 3.63) is 48.8 Å². The molecule has 0 unspecified atom stereocenters. The third-order valence-corrected chi connectivity index (χ3v) is 4.87. The number of pyridine rings is 1. The lowest BCUT2D eigenvalue weighted by molar-refractivity contribution is 0.602. The lowest BCUT2D eigenvalue weighted by atomic mass is 10.1. The first-order valence-electron chi connectivity index (χ1n) is 6.09. The average Bonchev–Trinajstić information content (AvgIpc) is 2.97. The van der Waals surface area contributed by atoms with Gasteiger partial charge in [0.2, 0.25) is 0 Å². The van der Waals surface area contributed by atoms with E-state index >= 15 is 0 Å². The van der Waals surface area contributed by atoms with Gasteiger partial charge in [-0.2, -0.15) is 0 Å². The Kier molecular flexibility index (Phi) is 3.52. The lowest BCUT2D eigenvalue weighted by Crippen LogP contribution is -1.96. The van der Waals surface area contributed by atoms with E-state index in [1.54, 1.807) is 36.7 Å². The summed E-state index contributed by atoms with van der Waals surface area (Å²) in [5, 5.41) is 4.14. The van der Waals surface area contributed by atoms with Crippen molar-refractivity contribution in [3.63, 3.8) is 0 Å². The van der Waals surface area contributed by atoms with Gasteiger partial charge in [0.1, 0.15) is 5.69 Å². The molecule has 0 radical (unpaired) electrons. The fourth-order valence-electron chi connectivity index (χ4n) is 1.93. The molecule has 2 aromatic heterocycles. The van der Waals surface area contributed by atoms with Gasteiger partial charge < -0.3 is 0 Å². The molecule has 0 aliphatic carbocycles. The quantitative estimate of drug-likeness (QED) is 0.742. The number of aromatic nitrogens is 3. The second-order valence-corrected chi connectivity index (χ2v) is 7.26. The van der Waals surface area contributed by atoms with Crippen LogP contribution in [-0.4, -0.2) is 29.2 Å². The molecule has 3 rings (SSSR count). The molecule has 1 aromatic carbocycles. The molecule has 7 heteroatoms. The first-order valence-corrected chi connectivity index (χ1v) is 8.75. The van der Waals surface area contributed by atoms with E-state index in [0.717, 1.165) is 21.7 Å². The van der Waals surface area contributed by atoms with Crippen LogP contribution in [0, 0.1) is 0 Å². The molecule has 0 aliphatic rings. The van der Waals surface area contributed by atoms with Gasteiger partial charge in [-0.05, 0) is 41.4 Å². The van der Waals surface area contributed by atoms with Crippen molar-refractivity contribution in [1.29, 1.82) is 0 Å². The van der Waals surface area contributed by atoms with Crippen LogP contribution in [0.1, 0.15) is 0 Å². The van der Waals surface area contributed by atoms with E-state index in [4.69, 9.17) is 0 Å². The van der Waals surface area contributed by atoms with Crippen LogP contribution in [0.4, 0.5) is 0 Å². The van der Waals surface area contributed by atoms with Gasteiger partial charge in [0.15, 0.2) is 9.84 Å². The van der Waals surface area contributed by atoms with E-state index in [9.17, 15) is 8.42 Å². The minimum Gasteiger partial charge on any atom is -0.264 e. The maximum atomic E-state index is 11.5. The van der Waals surface area contributed by atoms with Crippen LogP contribution < -0.4 is 0 Å². The Balaban J connectivity index is 2.05. The summed E-state index contributed by atoms with van der Waals surface area (Å²) in [7, 11) is -3.19.